The number of hydrogen-bond acceptors (Lipinski definition) is 4. The average Bonchev–Trinajstić information content (AvgIpc) is 3.23. The molecule has 2 amide bonds. The van der Waals surface area contributed by atoms with Gasteiger partial charge in [0.05, 0.1) is 11.8 Å². The summed E-state index contributed by atoms with van der Waals surface area (Å²) in [5.41, 5.74) is 6.89. The number of amides is 2. The summed E-state index contributed by atoms with van der Waals surface area (Å²) in [6.07, 6.45) is 3.60. The Morgan fingerprint density at radius 1 is 1.07 bits per heavy atom. The number of hydrogen-bond donors (Lipinski definition) is 3. The van der Waals surface area contributed by atoms with Crippen molar-refractivity contribution in [2.45, 2.75) is 33.3 Å². The van der Waals surface area contributed by atoms with Gasteiger partial charge in [-0.2, -0.15) is 0 Å². The monoisotopic (exact) mass is 372 g/mol. The van der Waals surface area contributed by atoms with Gasteiger partial charge in [0.2, 0.25) is 5.91 Å². The molecule has 2 bridgehead atoms. The highest BCUT2D eigenvalue weighted by molar-refractivity contribution is 5.89. The molecule has 1 aromatic rings. The van der Waals surface area contributed by atoms with Crippen molar-refractivity contribution in [3.63, 3.8) is 0 Å². The normalized spacial score (nSPS) is 26.5. The maximum Gasteiger partial charge on any atom is 0.307 e. The molecule has 5 atom stereocenters. The number of carbonyl (C=O) groups excluding carboxylic acids is 2. The minimum absolute atomic E-state index is 0.0998. The van der Waals surface area contributed by atoms with Gasteiger partial charge in [-0.15, -0.1) is 0 Å². The van der Waals surface area contributed by atoms with Gasteiger partial charge in [-0.1, -0.05) is 18.2 Å². The predicted molar refractivity (Wildman–Crippen MR) is 97.6 cm³/mol. The number of allylic oxidation sites excluding steroid dienone is 2. The minimum atomic E-state index is -0.982. The summed E-state index contributed by atoms with van der Waals surface area (Å²) in [5.74, 6) is -3.04. The van der Waals surface area contributed by atoms with E-state index in [1.807, 2.05) is 38.1 Å². The number of aryl methyl sites for hydroxylation is 2. The number of benzene rings is 1. The van der Waals surface area contributed by atoms with Crippen LogP contribution in [0.25, 0.3) is 0 Å². The molecular weight excluding hydrogens is 348 g/mol. The number of carboxylic acid groups (broad SMARTS) is 1. The van der Waals surface area contributed by atoms with Crippen LogP contribution < -0.4 is 15.6 Å². The summed E-state index contributed by atoms with van der Waals surface area (Å²) in [6.45, 7) is 5.52. The largest absolute Gasteiger partial charge is 0.481 e. The second-order valence-electron chi connectivity index (χ2n) is 7.32. The molecule has 7 nitrogen and oxygen atoms in total. The van der Waals surface area contributed by atoms with Gasteiger partial charge in [0.1, 0.15) is 5.75 Å². The fraction of sp³-hybridized carbons (Fsp3) is 0.450. The average molecular weight is 372 g/mol. The van der Waals surface area contributed by atoms with E-state index in [1.165, 1.54) is 0 Å². The molecule has 0 spiro atoms. The lowest BCUT2D eigenvalue weighted by molar-refractivity contribution is -0.148. The molecule has 2 aliphatic carbocycles. The van der Waals surface area contributed by atoms with Gasteiger partial charge in [-0.05, 0) is 62.3 Å². The number of hydrazine groups is 1. The lowest BCUT2D eigenvalue weighted by atomic mass is 9.82. The molecule has 2 aliphatic rings. The van der Waals surface area contributed by atoms with Gasteiger partial charge in [0.15, 0.2) is 6.10 Å². The molecular formula is C20H24N2O5. The van der Waals surface area contributed by atoms with Crippen LogP contribution in [0.1, 0.15) is 24.5 Å². The highest BCUT2D eigenvalue weighted by Gasteiger charge is 2.51. The second kappa shape index (κ2) is 7.42. The van der Waals surface area contributed by atoms with Gasteiger partial charge in [0, 0.05) is 0 Å². The predicted octanol–water partition coefficient (Wildman–Crippen LogP) is 1.74. The van der Waals surface area contributed by atoms with Crippen molar-refractivity contribution in [3.8, 4) is 5.75 Å². The number of carboxylic acids is 1. The number of nitrogens with one attached hydrogen (secondary N) is 2. The Bertz CT molecular complexity index is 804. The summed E-state index contributed by atoms with van der Waals surface area (Å²) >= 11 is 0. The van der Waals surface area contributed by atoms with Crippen molar-refractivity contribution in [2.75, 3.05) is 0 Å². The van der Waals surface area contributed by atoms with Crippen molar-refractivity contribution in [3.05, 3.63) is 41.5 Å². The molecule has 0 aromatic heterocycles. The Morgan fingerprint density at radius 2 is 1.74 bits per heavy atom. The van der Waals surface area contributed by atoms with E-state index in [4.69, 9.17) is 4.74 Å². The van der Waals surface area contributed by atoms with Gasteiger partial charge in [0.25, 0.3) is 5.91 Å². The molecule has 0 unspecified atom stereocenters. The first-order chi connectivity index (χ1) is 12.8. The molecule has 1 aromatic carbocycles. The lowest BCUT2D eigenvalue weighted by Crippen LogP contribution is -2.51. The molecule has 1 fully saturated rings. The van der Waals surface area contributed by atoms with Crippen LogP contribution in [0.15, 0.2) is 30.4 Å². The third-order valence-corrected chi connectivity index (χ3v) is 5.52. The van der Waals surface area contributed by atoms with E-state index in [1.54, 1.807) is 13.0 Å². The number of ether oxygens (including phenoxy) is 1. The number of fused-ring (bicyclic) bond motifs is 2. The Morgan fingerprint density at radius 3 is 2.37 bits per heavy atom. The molecule has 0 aliphatic heterocycles. The SMILES string of the molecule is Cc1ccc(O[C@@H](C)C(=O)NNC(=O)[C@H]2[C@@H](C(=O)O)[C@H]3C=C[C@@H]2C3)cc1C. The molecule has 0 saturated heterocycles. The quantitative estimate of drug-likeness (QED) is 0.539. The minimum Gasteiger partial charge on any atom is -0.481 e. The highest BCUT2D eigenvalue weighted by Crippen LogP contribution is 2.48. The third kappa shape index (κ3) is 3.82. The lowest BCUT2D eigenvalue weighted by Gasteiger charge is -2.24. The van der Waals surface area contributed by atoms with E-state index in [0.717, 1.165) is 11.1 Å². The van der Waals surface area contributed by atoms with Gasteiger partial charge in [-0.3, -0.25) is 25.2 Å². The van der Waals surface area contributed by atoms with E-state index in [0.29, 0.717) is 12.2 Å². The van der Waals surface area contributed by atoms with E-state index < -0.39 is 35.7 Å². The van der Waals surface area contributed by atoms with Gasteiger partial charge in [-0.25, -0.2) is 0 Å². The summed E-state index contributed by atoms with van der Waals surface area (Å²) in [7, 11) is 0. The van der Waals surface area contributed by atoms with Crippen molar-refractivity contribution in [1.82, 2.24) is 10.9 Å². The standard InChI is InChI=1S/C20H24N2O5/c1-10-4-7-15(8-11(10)2)27-12(3)18(23)21-22-19(24)16-13-5-6-14(9-13)17(16)20(25)26/h4-8,12-14,16-17H,9H2,1-3H3,(H,21,23)(H,22,24)(H,25,26)/t12-,13+,14-,16+,17-/m0/s1. The Hall–Kier alpha value is -2.83. The molecule has 0 radical (unpaired) electrons. The molecule has 1 saturated carbocycles. The Balaban J connectivity index is 1.55. The Labute approximate surface area is 157 Å². The van der Waals surface area contributed by atoms with Crippen LogP contribution in [0.2, 0.25) is 0 Å². The van der Waals surface area contributed by atoms with Crippen LogP contribution in [0.3, 0.4) is 0 Å². The fourth-order valence-electron chi connectivity index (χ4n) is 3.87. The first kappa shape index (κ1) is 18.9. The first-order valence-electron chi connectivity index (χ1n) is 9.02. The molecule has 144 valence electrons. The zero-order chi connectivity index (χ0) is 19.7. The van der Waals surface area contributed by atoms with Crippen molar-refractivity contribution in [2.24, 2.45) is 23.7 Å². The first-order valence-corrected chi connectivity index (χ1v) is 9.02. The van der Waals surface area contributed by atoms with Crippen LogP contribution in [0.5, 0.6) is 5.75 Å². The second-order valence-corrected chi connectivity index (χ2v) is 7.32. The highest BCUT2D eigenvalue weighted by atomic mass is 16.5. The Kier molecular flexibility index (Phi) is 5.21. The van der Waals surface area contributed by atoms with E-state index in [9.17, 15) is 19.5 Å². The molecule has 0 heterocycles. The summed E-state index contributed by atoms with van der Waals surface area (Å²) < 4.78 is 5.61. The molecule has 3 rings (SSSR count). The molecule has 3 N–H and O–H groups in total. The summed E-state index contributed by atoms with van der Waals surface area (Å²) in [6, 6.07) is 5.53. The molecule has 7 heteroatoms. The topological polar surface area (TPSA) is 105 Å². The van der Waals surface area contributed by atoms with Crippen LogP contribution >= 0.6 is 0 Å². The fourth-order valence-corrected chi connectivity index (χ4v) is 3.87. The summed E-state index contributed by atoms with van der Waals surface area (Å²) in [4.78, 5) is 36.2. The number of aliphatic carboxylic acids is 1. The zero-order valence-electron chi connectivity index (χ0n) is 15.6. The smallest absolute Gasteiger partial charge is 0.307 e. The zero-order valence-corrected chi connectivity index (χ0v) is 15.6. The van der Waals surface area contributed by atoms with Gasteiger partial charge < -0.3 is 9.84 Å². The van der Waals surface area contributed by atoms with Crippen LogP contribution in [-0.2, 0) is 14.4 Å². The van der Waals surface area contributed by atoms with Crippen LogP contribution in [0, 0.1) is 37.5 Å². The number of carbonyl (C=O) groups is 3. The maximum atomic E-state index is 12.5. The van der Waals surface area contributed by atoms with E-state index in [-0.39, 0.29) is 11.8 Å². The molecule has 27 heavy (non-hydrogen) atoms. The van der Waals surface area contributed by atoms with E-state index in [2.05, 4.69) is 10.9 Å². The summed E-state index contributed by atoms with van der Waals surface area (Å²) in [5, 5.41) is 9.41. The maximum absolute atomic E-state index is 12.5. The van der Waals surface area contributed by atoms with Gasteiger partial charge >= 0.3 is 5.97 Å². The van der Waals surface area contributed by atoms with Crippen molar-refractivity contribution < 1.29 is 24.2 Å². The number of rotatable bonds is 5. The van der Waals surface area contributed by atoms with Crippen molar-refractivity contribution >= 4 is 17.8 Å². The van der Waals surface area contributed by atoms with Crippen molar-refractivity contribution in [1.29, 1.82) is 0 Å². The van der Waals surface area contributed by atoms with Crippen LogP contribution in [0.4, 0.5) is 0 Å². The van der Waals surface area contributed by atoms with Crippen LogP contribution in [-0.4, -0.2) is 29.0 Å². The third-order valence-electron chi connectivity index (χ3n) is 5.52. The van der Waals surface area contributed by atoms with E-state index >= 15 is 0 Å².